The molecule has 1 saturated heterocycles. The van der Waals surface area contributed by atoms with E-state index in [9.17, 15) is 14.4 Å². The largest absolute Gasteiger partial charge is 0.343 e. The van der Waals surface area contributed by atoms with Crippen molar-refractivity contribution in [3.05, 3.63) is 29.8 Å². The van der Waals surface area contributed by atoms with Crippen molar-refractivity contribution in [2.24, 2.45) is 0 Å². The number of rotatable bonds is 5. The molecule has 0 unspecified atom stereocenters. The van der Waals surface area contributed by atoms with Crippen LogP contribution in [0.4, 0.5) is 5.69 Å². The van der Waals surface area contributed by atoms with Crippen LogP contribution in [0, 0.1) is 0 Å². The third kappa shape index (κ3) is 3.62. The minimum Gasteiger partial charge on any atom is -0.343 e. The summed E-state index contributed by atoms with van der Waals surface area (Å²) >= 11 is 0. The lowest BCUT2D eigenvalue weighted by Crippen LogP contribution is -2.37. The average molecular weight is 305 g/mol. The summed E-state index contributed by atoms with van der Waals surface area (Å²) in [6, 6.07) is 6.75. The summed E-state index contributed by atoms with van der Waals surface area (Å²) in [6.45, 7) is 0.567. The van der Waals surface area contributed by atoms with E-state index in [0.29, 0.717) is 18.5 Å². The molecule has 1 N–H and O–H groups in total. The van der Waals surface area contributed by atoms with Crippen LogP contribution in [0.25, 0.3) is 0 Å². The second-order valence-corrected chi connectivity index (χ2v) is 4.95. The minimum absolute atomic E-state index is 0.102. The molecular formula is C15H19N3O4. The van der Waals surface area contributed by atoms with Crippen molar-refractivity contribution in [2.45, 2.75) is 12.8 Å². The number of hydrogen-bond acceptors (Lipinski definition) is 4. The van der Waals surface area contributed by atoms with E-state index >= 15 is 0 Å². The molecule has 0 spiro atoms. The SMILES string of the molecule is CON(C)C(=O)CNC(=O)c1ccc(N2CCCC2=O)cc1. The Morgan fingerprint density at radius 2 is 2.00 bits per heavy atom. The highest BCUT2D eigenvalue weighted by molar-refractivity contribution is 5.98. The van der Waals surface area contributed by atoms with Crippen LogP contribution in [0.1, 0.15) is 23.2 Å². The molecule has 3 amide bonds. The second-order valence-electron chi connectivity index (χ2n) is 4.95. The monoisotopic (exact) mass is 305 g/mol. The predicted octanol–water partition coefficient (Wildman–Crippen LogP) is 0.563. The first-order chi connectivity index (χ1) is 10.5. The molecule has 0 saturated carbocycles. The highest BCUT2D eigenvalue weighted by atomic mass is 16.7. The molecule has 7 heteroatoms. The molecule has 118 valence electrons. The first-order valence-electron chi connectivity index (χ1n) is 7.02. The van der Waals surface area contributed by atoms with Crippen LogP contribution in [-0.2, 0) is 14.4 Å². The Bertz CT molecular complexity index is 571. The number of nitrogens with one attached hydrogen (secondary N) is 1. The van der Waals surface area contributed by atoms with Crippen molar-refractivity contribution in [3.63, 3.8) is 0 Å². The minimum atomic E-state index is -0.352. The van der Waals surface area contributed by atoms with E-state index in [1.807, 2.05) is 0 Å². The zero-order chi connectivity index (χ0) is 16.1. The average Bonchev–Trinajstić information content (AvgIpc) is 2.97. The van der Waals surface area contributed by atoms with Crippen LogP contribution in [-0.4, -0.2) is 50.0 Å². The quantitative estimate of drug-likeness (QED) is 0.806. The maximum absolute atomic E-state index is 12.0. The van der Waals surface area contributed by atoms with Gasteiger partial charge in [0.05, 0.1) is 13.7 Å². The second kappa shape index (κ2) is 7.04. The highest BCUT2D eigenvalue weighted by Gasteiger charge is 2.21. The Hall–Kier alpha value is -2.41. The Kier molecular flexibility index (Phi) is 5.11. The summed E-state index contributed by atoms with van der Waals surface area (Å²) in [5.41, 5.74) is 1.22. The number of carbonyl (C=O) groups is 3. The Balaban J connectivity index is 1.94. The van der Waals surface area contributed by atoms with Crippen LogP contribution in [0.5, 0.6) is 0 Å². The summed E-state index contributed by atoms with van der Waals surface area (Å²) in [4.78, 5) is 41.6. The number of nitrogens with zero attached hydrogens (tertiary/aromatic N) is 2. The molecule has 1 aliphatic heterocycles. The van der Waals surface area contributed by atoms with E-state index in [1.54, 1.807) is 29.2 Å². The Morgan fingerprint density at radius 1 is 1.32 bits per heavy atom. The van der Waals surface area contributed by atoms with Gasteiger partial charge < -0.3 is 10.2 Å². The fraction of sp³-hybridized carbons (Fsp3) is 0.400. The zero-order valence-electron chi connectivity index (χ0n) is 12.7. The Morgan fingerprint density at radius 3 is 2.55 bits per heavy atom. The molecular weight excluding hydrogens is 286 g/mol. The fourth-order valence-corrected chi connectivity index (χ4v) is 2.18. The third-order valence-electron chi connectivity index (χ3n) is 3.54. The van der Waals surface area contributed by atoms with Gasteiger partial charge in [0.25, 0.3) is 11.8 Å². The topological polar surface area (TPSA) is 79.0 Å². The molecule has 0 bridgehead atoms. The van der Waals surface area contributed by atoms with E-state index in [4.69, 9.17) is 4.84 Å². The van der Waals surface area contributed by atoms with Crippen molar-refractivity contribution in [1.82, 2.24) is 10.4 Å². The van der Waals surface area contributed by atoms with Crippen LogP contribution >= 0.6 is 0 Å². The number of hydroxylamine groups is 2. The molecule has 1 heterocycles. The van der Waals surface area contributed by atoms with Gasteiger partial charge in [-0.25, -0.2) is 5.06 Å². The molecule has 1 aromatic carbocycles. The van der Waals surface area contributed by atoms with Crippen molar-refractivity contribution in [2.75, 3.05) is 32.1 Å². The predicted molar refractivity (Wildman–Crippen MR) is 80.1 cm³/mol. The van der Waals surface area contributed by atoms with Gasteiger partial charge in [-0.15, -0.1) is 0 Å². The van der Waals surface area contributed by atoms with Crippen molar-refractivity contribution >= 4 is 23.4 Å². The summed E-state index contributed by atoms with van der Waals surface area (Å²) < 4.78 is 0. The Labute approximate surface area is 128 Å². The van der Waals surface area contributed by atoms with Crippen LogP contribution in [0.15, 0.2) is 24.3 Å². The number of hydrogen-bond donors (Lipinski definition) is 1. The van der Waals surface area contributed by atoms with Gasteiger partial charge in [-0.05, 0) is 30.7 Å². The molecule has 1 aromatic rings. The van der Waals surface area contributed by atoms with Crippen LogP contribution < -0.4 is 10.2 Å². The lowest BCUT2D eigenvalue weighted by molar-refractivity contribution is -0.167. The smallest absolute Gasteiger partial charge is 0.265 e. The van der Waals surface area contributed by atoms with E-state index < -0.39 is 0 Å². The van der Waals surface area contributed by atoms with Gasteiger partial charge in [-0.2, -0.15) is 0 Å². The summed E-state index contributed by atoms with van der Waals surface area (Å²) in [5.74, 6) is -0.599. The number of amides is 3. The van der Waals surface area contributed by atoms with E-state index in [0.717, 1.165) is 17.2 Å². The van der Waals surface area contributed by atoms with E-state index in [-0.39, 0.29) is 24.3 Å². The van der Waals surface area contributed by atoms with Gasteiger partial charge in [0, 0.05) is 31.3 Å². The zero-order valence-corrected chi connectivity index (χ0v) is 12.7. The van der Waals surface area contributed by atoms with Crippen molar-refractivity contribution < 1.29 is 19.2 Å². The van der Waals surface area contributed by atoms with Gasteiger partial charge >= 0.3 is 0 Å². The van der Waals surface area contributed by atoms with Gasteiger partial charge in [0.1, 0.15) is 0 Å². The van der Waals surface area contributed by atoms with Gasteiger partial charge in [-0.3, -0.25) is 19.2 Å². The number of benzene rings is 1. The lowest BCUT2D eigenvalue weighted by atomic mass is 10.2. The summed E-state index contributed by atoms with van der Waals surface area (Å²) in [5, 5.41) is 3.57. The molecule has 0 aliphatic carbocycles. The molecule has 0 aromatic heterocycles. The van der Waals surface area contributed by atoms with Gasteiger partial charge in [0.15, 0.2) is 0 Å². The maximum atomic E-state index is 12.0. The van der Waals surface area contributed by atoms with Gasteiger partial charge in [0.2, 0.25) is 5.91 Å². The first-order valence-corrected chi connectivity index (χ1v) is 7.02. The van der Waals surface area contributed by atoms with Crippen molar-refractivity contribution in [3.8, 4) is 0 Å². The molecule has 0 radical (unpaired) electrons. The van der Waals surface area contributed by atoms with Crippen molar-refractivity contribution in [1.29, 1.82) is 0 Å². The van der Waals surface area contributed by atoms with E-state index in [2.05, 4.69) is 5.32 Å². The fourth-order valence-electron chi connectivity index (χ4n) is 2.18. The maximum Gasteiger partial charge on any atom is 0.265 e. The summed E-state index contributed by atoms with van der Waals surface area (Å²) in [7, 11) is 2.84. The van der Waals surface area contributed by atoms with Crippen LogP contribution in [0.2, 0.25) is 0 Å². The molecule has 7 nitrogen and oxygen atoms in total. The molecule has 2 rings (SSSR count). The number of carbonyl (C=O) groups excluding carboxylic acids is 3. The molecule has 0 atom stereocenters. The molecule has 1 fully saturated rings. The van der Waals surface area contributed by atoms with Gasteiger partial charge in [-0.1, -0.05) is 0 Å². The number of anilines is 1. The highest BCUT2D eigenvalue weighted by Crippen LogP contribution is 2.21. The number of likely N-dealkylation sites (N-methyl/N-ethyl adjacent to an activating group) is 1. The lowest BCUT2D eigenvalue weighted by Gasteiger charge is -2.16. The summed E-state index contributed by atoms with van der Waals surface area (Å²) in [6.07, 6.45) is 1.42. The van der Waals surface area contributed by atoms with Crippen LogP contribution in [0.3, 0.4) is 0 Å². The molecule has 22 heavy (non-hydrogen) atoms. The standard InChI is InChI=1S/C15H19N3O4/c1-17(22-2)14(20)10-16-15(21)11-5-7-12(8-6-11)18-9-3-4-13(18)19/h5-8H,3-4,9-10H2,1-2H3,(H,16,21). The van der Waals surface area contributed by atoms with E-state index in [1.165, 1.54) is 14.2 Å². The molecule has 1 aliphatic rings. The normalized spacial score (nSPS) is 14.1. The first kappa shape index (κ1) is 16.0. The third-order valence-corrected chi connectivity index (χ3v) is 3.54.